The van der Waals surface area contributed by atoms with Crippen molar-refractivity contribution in [3.05, 3.63) is 29.3 Å². The van der Waals surface area contributed by atoms with Gasteiger partial charge in [0.1, 0.15) is 0 Å². The molecule has 0 spiro atoms. The highest BCUT2D eigenvalue weighted by Gasteiger charge is 2.15. The van der Waals surface area contributed by atoms with Gasteiger partial charge in [-0.3, -0.25) is 4.79 Å². The lowest BCUT2D eigenvalue weighted by Crippen LogP contribution is -2.33. The summed E-state index contributed by atoms with van der Waals surface area (Å²) in [5.74, 6) is -0.00769. The summed E-state index contributed by atoms with van der Waals surface area (Å²) in [6.45, 7) is 5.99. The Hall–Kier alpha value is -1.39. The molecule has 4 heteroatoms. The van der Waals surface area contributed by atoms with Crippen molar-refractivity contribution in [1.29, 1.82) is 0 Å². The standard InChI is InChI=1S/C15H22N2O2/c1-11-5-3-7-14(12(11)2)17-15(18)10-16-9-13-6-4-8-19-13/h3,5,7,13,16H,4,6,8-10H2,1-2H3,(H,17,18)/t13-/m0/s1. The van der Waals surface area contributed by atoms with E-state index in [-0.39, 0.29) is 12.0 Å². The quantitative estimate of drug-likeness (QED) is 0.853. The average Bonchev–Trinajstić information content (AvgIpc) is 2.88. The molecule has 1 amide bonds. The second-order valence-electron chi connectivity index (χ2n) is 5.06. The predicted octanol–water partition coefficient (Wildman–Crippen LogP) is 2.01. The molecule has 1 aromatic carbocycles. The fourth-order valence-electron chi connectivity index (χ4n) is 2.23. The van der Waals surface area contributed by atoms with Gasteiger partial charge in [0.15, 0.2) is 0 Å². The Kier molecular flexibility index (Phi) is 4.93. The molecule has 1 fully saturated rings. The molecule has 104 valence electrons. The van der Waals surface area contributed by atoms with E-state index in [0.717, 1.165) is 37.2 Å². The van der Waals surface area contributed by atoms with Crippen LogP contribution in [0.1, 0.15) is 24.0 Å². The van der Waals surface area contributed by atoms with Gasteiger partial charge in [-0.05, 0) is 43.9 Å². The van der Waals surface area contributed by atoms with E-state index >= 15 is 0 Å². The molecular formula is C15H22N2O2. The molecule has 2 N–H and O–H groups in total. The molecule has 0 aromatic heterocycles. The lowest BCUT2D eigenvalue weighted by Gasteiger charge is -2.12. The van der Waals surface area contributed by atoms with Gasteiger partial charge in [0.05, 0.1) is 12.6 Å². The van der Waals surface area contributed by atoms with Crippen LogP contribution in [0.5, 0.6) is 0 Å². The van der Waals surface area contributed by atoms with E-state index in [0.29, 0.717) is 6.54 Å². The molecule has 1 heterocycles. The van der Waals surface area contributed by atoms with Gasteiger partial charge in [-0.25, -0.2) is 0 Å². The van der Waals surface area contributed by atoms with Crippen LogP contribution in [0.2, 0.25) is 0 Å². The van der Waals surface area contributed by atoms with Gasteiger partial charge in [-0.15, -0.1) is 0 Å². The normalized spacial score (nSPS) is 18.5. The summed E-state index contributed by atoms with van der Waals surface area (Å²) in [4.78, 5) is 11.8. The van der Waals surface area contributed by atoms with E-state index in [2.05, 4.69) is 10.6 Å². The van der Waals surface area contributed by atoms with Crippen LogP contribution in [0.4, 0.5) is 5.69 Å². The van der Waals surface area contributed by atoms with E-state index in [1.165, 1.54) is 5.56 Å². The molecule has 19 heavy (non-hydrogen) atoms. The minimum Gasteiger partial charge on any atom is -0.377 e. The lowest BCUT2D eigenvalue weighted by molar-refractivity contribution is -0.115. The highest BCUT2D eigenvalue weighted by Crippen LogP contribution is 2.17. The first-order valence-corrected chi connectivity index (χ1v) is 6.85. The van der Waals surface area contributed by atoms with Crippen LogP contribution in [0.3, 0.4) is 0 Å². The zero-order valence-corrected chi connectivity index (χ0v) is 11.7. The van der Waals surface area contributed by atoms with E-state index in [1.807, 2.05) is 32.0 Å². The van der Waals surface area contributed by atoms with Crippen molar-refractivity contribution in [2.45, 2.75) is 32.8 Å². The Bertz CT molecular complexity index is 440. The number of benzene rings is 1. The summed E-state index contributed by atoms with van der Waals surface area (Å²) in [6, 6.07) is 5.93. The van der Waals surface area contributed by atoms with Crippen LogP contribution in [-0.2, 0) is 9.53 Å². The maximum atomic E-state index is 11.8. The molecule has 1 aliphatic heterocycles. The maximum Gasteiger partial charge on any atom is 0.238 e. The molecular weight excluding hydrogens is 240 g/mol. The first-order chi connectivity index (χ1) is 9.16. The second-order valence-corrected chi connectivity index (χ2v) is 5.06. The molecule has 0 radical (unpaired) electrons. The largest absolute Gasteiger partial charge is 0.377 e. The van der Waals surface area contributed by atoms with Gasteiger partial charge in [-0.2, -0.15) is 0 Å². The van der Waals surface area contributed by atoms with E-state index in [1.54, 1.807) is 0 Å². The third kappa shape index (κ3) is 4.04. The number of anilines is 1. The van der Waals surface area contributed by atoms with E-state index in [4.69, 9.17) is 4.74 Å². The van der Waals surface area contributed by atoms with Crippen LogP contribution >= 0.6 is 0 Å². The minimum atomic E-state index is -0.00769. The van der Waals surface area contributed by atoms with Gasteiger partial charge in [0.2, 0.25) is 5.91 Å². The molecule has 0 aliphatic carbocycles. The highest BCUT2D eigenvalue weighted by molar-refractivity contribution is 5.93. The van der Waals surface area contributed by atoms with Crippen molar-refractivity contribution in [2.75, 3.05) is 25.0 Å². The third-order valence-corrected chi connectivity index (χ3v) is 3.56. The third-order valence-electron chi connectivity index (χ3n) is 3.56. The van der Waals surface area contributed by atoms with Crippen molar-refractivity contribution in [3.8, 4) is 0 Å². The van der Waals surface area contributed by atoms with Crippen LogP contribution < -0.4 is 10.6 Å². The number of ether oxygens (including phenoxy) is 1. The zero-order valence-electron chi connectivity index (χ0n) is 11.7. The number of carbonyl (C=O) groups is 1. The van der Waals surface area contributed by atoms with Gasteiger partial charge < -0.3 is 15.4 Å². The van der Waals surface area contributed by atoms with Crippen molar-refractivity contribution in [1.82, 2.24) is 5.32 Å². The van der Waals surface area contributed by atoms with Crippen molar-refractivity contribution < 1.29 is 9.53 Å². The van der Waals surface area contributed by atoms with Gasteiger partial charge in [0.25, 0.3) is 0 Å². The minimum absolute atomic E-state index is 0.00769. The van der Waals surface area contributed by atoms with Crippen LogP contribution in [0.25, 0.3) is 0 Å². The van der Waals surface area contributed by atoms with Gasteiger partial charge in [0, 0.05) is 18.8 Å². The summed E-state index contributed by atoms with van der Waals surface area (Å²) in [5, 5.41) is 6.08. The molecule has 1 atom stereocenters. The molecule has 2 rings (SSSR count). The van der Waals surface area contributed by atoms with E-state index in [9.17, 15) is 4.79 Å². The average molecular weight is 262 g/mol. The summed E-state index contributed by atoms with van der Waals surface area (Å²) in [5.41, 5.74) is 3.20. The maximum absolute atomic E-state index is 11.8. The first kappa shape index (κ1) is 14.0. The Balaban J connectivity index is 1.76. The van der Waals surface area contributed by atoms with Crippen LogP contribution in [0.15, 0.2) is 18.2 Å². The molecule has 1 saturated heterocycles. The number of hydrogen-bond acceptors (Lipinski definition) is 3. The summed E-state index contributed by atoms with van der Waals surface area (Å²) in [7, 11) is 0. The topological polar surface area (TPSA) is 50.4 Å². The number of carbonyl (C=O) groups excluding carboxylic acids is 1. The van der Waals surface area contributed by atoms with Crippen LogP contribution in [0, 0.1) is 13.8 Å². The van der Waals surface area contributed by atoms with Crippen molar-refractivity contribution in [3.63, 3.8) is 0 Å². The number of rotatable bonds is 5. The number of nitrogens with one attached hydrogen (secondary N) is 2. The molecule has 1 aliphatic rings. The highest BCUT2D eigenvalue weighted by atomic mass is 16.5. The number of amides is 1. The SMILES string of the molecule is Cc1cccc(NC(=O)CNC[C@@H]2CCCO2)c1C. The summed E-state index contributed by atoms with van der Waals surface area (Å²) >= 11 is 0. The molecule has 1 aromatic rings. The zero-order chi connectivity index (χ0) is 13.7. The molecule has 4 nitrogen and oxygen atoms in total. The monoisotopic (exact) mass is 262 g/mol. The summed E-state index contributed by atoms with van der Waals surface area (Å²) < 4.78 is 5.49. The lowest BCUT2D eigenvalue weighted by atomic mass is 10.1. The molecule has 0 unspecified atom stereocenters. The fraction of sp³-hybridized carbons (Fsp3) is 0.533. The van der Waals surface area contributed by atoms with Crippen LogP contribution in [-0.4, -0.2) is 31.7 Å². The number of hydrogen-bond donors (Lipinski definition) is 2. The Morgan fingerprint density at radius 2 is 2.26 bits per heavy atom. The Labute approximate surface area is 114 Å². The van der Waals surface area contributed by atoms with Gasteiger partial charge >= 0.3 is 0 Å². The van der Waals surface area contributed by atoms with Gasteiger partial charge in [-0.1, -0.05) is 12.1 Å². The molecule has 0 saturated carbocycles. The fourth-order valence-corrected chi connectivity index (χ4v) is 2.23. The summed E-state index contributed by atoms with van der Waals surface area (Å²) in [6.07, 6.45) is 2.49. The second kappa shape index (κ2) is 6.68. The molecule has 0 bridgehead atoms. The Morgan fingerprint density at radius 1 is 1.42 bits per heavy atom. The van der Waals surface area contributed by atoms with Crippen molar-refractivity contribution in [2.24, 2.45) is 0 Å². The van der Waals surface area contributed by atoms with E-state index < -0.39 is 0 Å². The number of aryl methyl sites for hydroxylation is 1. The predicted molar refractivity (Wildman–Crippen MR) is 76.4 cm³/mol. The first-order valence-electron chi connectivity index (χ1n) is 6.85. The Morgan fingerprint density at radius 3 is 3.00 bits per heavy atom. The van der Waals surface area contributed by atoms with Crippen molar-refractivity contribution >= 4 is 11.6 Å². The smallest absolute Gasteiger partial charge is 0.238 e.